The number of carbonyl (C=O) groups excluding carboxylic acids is 1. The molecule has 25 heavy (non-hydrogen) atoms. The lowest BCUT2D eigenvalue weighted by molar-refractivity contribution is -0.116. The number of amides is 1. The van der Waals surface area contributed by atoms with E-state index in [0.717, 1.165) is 24.4 Å². The molecule has 1 atom stereocenters. The lowest BCUT2D eigenvalue weighted by Crippen LogP contribution is -2.30. The molecule has 0 N–H and O–H groups in total. The second kappa shape index (κ2) is 6.64. The van der Waals surface area contributed by atoms with E-state index in [2.05, 4.69) is 60.4 Å². The number of anilines is 1. The van der Waals surface area contributed by atoms with Crippen LogP contribution in [0.15, 0.2) is 48.5 Å². The molecule has 1 heterocycles. The van der Waals surface area contributed by atoms with E-state index in [1.54, 1.807) is 0 Å². The van der Waals surface area contributed by atoms with Crippen LogP contribution in [-0.2, 0) is 11.2 Å². The fourth-order valence-corrected chi connectivity index (χ4v) is 3.87. The van der Waals surface area contributed by atoms with E-state index < -0.39 is 0 Å². The third kappa shape index (κ3) is 3.21. The van der Waals surface area contributed by atoms with Crippen molar-refractivity contribution in [3.63, 3.8) is 0 Å². The summed E-state index contributed by atoms with van der Waals surface area (Å²) in [5.41, 5.74) is 4.95. The lowest BCUT2D eigenvalue weighted by atomic mass is 10.0. The van der Waals surface area contributed by atoms with Crippen LogP contribution in [0.25, 0.3) is 0 Å². The Morgan fingerprint density at radius 3 is 2.20 bits per heavy atom. The first kappa shape index (κ1) is 16.3. The predicted molar refractivity (Wildman–Crippen MR) is 102 cm³/mol. The largest absolute Gasteiger partial charge is 0.291 e. The minimum Gasteiger partial charge on any atom is -0.291 e. The number of benzene rings is 2. The number of rotatable bonds is 5. The van der Waals surface area contributed by atoms with Gasteiger partial charge in [-0.1, -0.05) is 49.7 Å². The minimum absolute atomic E-state index is 0.0159. The molecular weight excluding hydrogens is 308 g/mol. The second-order valence-electron chi connectivity index (χ2n) is 7.41. The van der Waals surface area contributed by atoms with Crippen LogP contribution < -0.4 is 4.90 Å². The predicted octanol–water partition coefficient (Wildman–Crippen LogP) is 4.49. The van der Waals surface area contributed by atoms with E-state index in [0.29, 0.717) is 6.54 Å². The van der Waals surface area contributed by atoms with Crippen molar-refractivity contribution in [1.82, 2.24) is 4.90 Å². The quantitative estimate of drug-likeness (QED) is 0.804. The van der Waals surface area contributed by atoms with Crippen molar-refractivity contribution in [3.05, 3.63) is 65.2 Å². The maximum atomic E-state index is 12.6. The van der Waals surface area contributed by atoms with E-state index in [4.69, 9.17) is 0 Å². The number of likely N-dealkylation sites (N-methyl/N-ethyl adjacent to an activating group) is 1. The fourth-order valence-electron chi connectivity index (χ4n) is 3.87. The molecule has 2 aromatic carbocycles. The van der Waals surface area contributed by atoms with Gasteiger partial charge in [0.25, 0.3) is 0 Å². The highest BCUT2D eigenvalue weighted by Gasteiger charge is 2.37. The van der Waals surface area contributed by atoms with Crippen LogP contribution in [0.5, 0.6) is 0 Å². The first-order valence-corrected chi connectivity index (χ1v) is 9.38. The molecular formula is C22H26N2O. The molecule has 1 saturated heterocycles. The molecule has 1 amide bonds. The molecule has 130 valence electrons. The Kier molecular flexibility index (Phi) is 4.34. The summed E-state index contributed by atoms with van der Waals surface area (Å²) in [6.07, 6.45) is 4.84. The van der Waals surface area contributed by atoms with Gasteiger partial charge in [-0.3, -0.25) is 14.6 Å². The van der Waals surface area contributed by atoms with Crippen LogP contribution in [-0.4, -0.2) is 24.4 Å². The van der Waals surface area contributed by atoms with Gasteiger partial charge in [0.05, 0.1) is 6.54 Å². The fraction of sp³-hybridized carbons (Fsp3) is 0.409. The average molecular weight is 334 g/mol. The van der Waals surface area contributed by atoms with Crippen LogP contribution in [0.4, 0.5) is 5.69 Å². The van der Waals surface area contributed by atoms with Crippen molar-refractivity contribution in [2.24, 2.45) is 0 Å². The van der Waals surface area contributed by atoms with Gasteiger partial charge >= 0.3 is 0 Å². The molecule has 1 saturated carbocycles. The van der Waals surface area contributed by atoms with E-state index in [1.165, 1.54) is 29.5 Å². The SMILES string of the molecule is CCCc1ccc(N2C(=O)CN(C)C2c2ccc(C3CC3)cc2)cc1. The number of hydrogen-bond donors (Lipinski definition) is 0. The van der Waals surface area contributed by atoms with Crippen LogP contribution >= 0.6 is 0 Å². The first-order valence-electron chi connectivity index (χ1n) is 9.38. The maximum absolute atomic E-state index is 12.6. The number of aryl methyl sites for hydroxylation is 1. The topological polar surface area (TPSA) is 23.6 Å². The zero-order valence-electron chi connectivity index (χ0n) is 15.1. The molecule has 0 spiro atoms. The highest BCUT2D eigenvalue weighted by Crippen LogP contribution is 2.41. The van der Waals surface area contributed by atoms with Gasteiger partial charge < -0.3 is 0 Å². The third-order valence-corrected chi connectivity index (χ3v) is 5.35. The summed E-state index contributed by atoms with van der Waals surface area (Å²) in [6, 6.07) is 17.4. The molecule has 0 bridgehead atoms. The van der Waals surface area contributed by atoms with Crippen molar-refractivity contribution < 1.29 is 4.79 Å². The average Bonchev–Trinajstić information content (AvgIpc) is 3.41. The summed E-state index contributed by atoms with van der Waals surface area (Å²) in [5.74, 6) is 0.932. The Morgan fingerprint density at radius 1 is 0.960 bits per heavy atom. The summed E-state index contributed by atoms with van der Waals surface area (Å²) < 4.78 is 0. The molecule has 2 aromatic rings. The molecule has 3 heteroatoms. The molecule has 2 aliphatic rings. The zero-order valence-corrected chi connectivity index (χ0v) is 15.1. The first-order chi connectivity index (χ1) is 12.2. The van der Waals surface area contributed by atoms with E-state index >= 15 is 0 Å². The van der Waals surface area contributed by atoms with Crippen molar-refractivity contribution in [1.29, 1.82) is 0 Å². The minimum atomic E-state index is -0.0159. The Bertz CT molecular complexity index is 747. The summed E-state index contributed by atoms with van der Waals surface area (Å²) >= 11 is 0. The van der Waals surface area contributed by atoms with Crippen molar-refractivity contribution in [2.45, 2.75) is 44.7 Å². The molecule has 2 fully saturated rings. The van der Waals surface area contributed by atoms with Crippen molar-refractivity contribution in [3.8, 4) is 0 Å². The van der Waals surface area contributed by atoms with Gasteiger partial charge in [-0.25, -0.2) is 0 Å². The van der Waals surface area contributed by atoms with Gasteiger partial charge in [0, 0.05) is 5.69 Å². The van der Waals surface area contributed by atoms with E-state index in [1.807, 2.05) is 11.9 Å². The molecule has 4 rings (SSSR count). The van der Waals surface area contributed by atoms with Gasteiger partial charge in [0.15, 0.2) is 0 Å². The Labute approximate surface area is 150 Å². The molecule has 1 aliphatic heterocycles. The van der Waals surface area contributed by atoms with E-state index in [9.17, 15) is 4.79 Å². The molecule has 0 radical (unpaired) electrons. The Morgan fingerprint density at radius 2 is 1.60 bits per heavy atom. The molecule has 1 aliphatic carbocycles. The number of carbonyl (C=O) groups is 1. The van der Waals surface area contributed by atoms with Crippen LogP contribution in [0.3, 0.4) is 0 Å². The van der Waals surface area contributed by atoms with Crippen molar-refractivity contribution in [2.75, 3.05) is 18.5 Å². The maximum Gasteiger partial charge on any atom is 0.242 e. The van der Waals surface area contributed by atoms with Gasteiger partial charge in [-0.05, 0) is 61.1 Å². The third-order valence-electron chi connectivity index (χ3n) is 5.35. The second-order valence-corrected chi connectivity index (χ2v) is 7.41. The number of hydrogen-bond acceptors (Lipinski definition) is 2. The number of nitrogens with zero attached hydrogens (tertiary/aromatic N) is 2. The standard InChI is InChI=1S/C22H26N2O/c1-3-4-16-5-13-20(14-6-16)24-21(25)15-23(2)22(24)19-11-9-18(10-12-19)17-7-8-17/h5-6,9-14,17,22H,3-4,7-8,15H2,1-2H3. The van der Waals surface area contributed by atoms with Crippen LogP contribution in [0, 0.1) is 0 Å². The van der Waals surface area contributed by atoms with Gasteiger partial charge in [-0.15, -0.1) is 0 Å². The monoisotopic (exact) mass is 334 g/mol. The lowest BCUT2D eigenvalue weighted by Gasteiger charge is -2.28. The molecule has 1 unspecified atom stereocenters. The Balaban J connectivity index is 1.63. The smallest absolute Gasteiger partial charge is 0.242 e. The van der Waals surface area contributed by atoms with Crippen LogP contribution in [0.2, 0.25) is 0 Å². The summed E-state index contributed by atoms with van der Waals surface area (Å²) in [4.78, 5) is 16.7. The van der Waals surface area contributed by atoms with E-state index in [-0.39, 0.29) is 12.1 Å². The van der Waals surface area contributed by atoms with Crippen LogP contribution in [0.1, 0.15) is 55.0 Å². The molecule has 0 aromatic heterocycles. The Hall–Kier alpha value is -2.13. The van der Waals surface area contributed by atoms with Gasteiger partial charge in [-0.2, -0.15) is 0 Å². The van der Waals surface area contributed by atoms with Gasteiger partial charge in [0.2, 0.25) is 5.91 Å². The highest BCUT2D eigenvalue weighted by atomic mass is 16.2. The normalized spacial score (nSPS) is 21.1. The molecule has 3 nitrogen and oxygen atoms in total. The zero-order chi connectivity index (χ0) is 17.4. The summed E-state index contributed by atoms with van der Waals surface area (Å²) in [7, 11) is 2.03. The summed E-state index contributed by atoms with van der Waals surface area (Å²) in [5, 5.41) is 0. The summed E-state index contributed by atoms with van der Waals surface area (Å²) in [6.45, 7) is 2.65. The van der Waals surface area contributed by atoms with Crippen molar-refractivity contribution >= 4 is 11.6 Å². The van der Waals surface area contributed by atoms with Gasteiger partial charge in [0.1, 0.15) is 6.17 Å². The highest BCUT2D eigenvalue weighted by molar-refractivity contribution is 5.97.